The van der Waals surface area contributed by atoms with Gasteiger partial charge in [-0.25, -0.2) is 0 Å². The summed E-state index contributed by atoms with van der Waals surface area (Å²) in [4.78, 5) is 0. The second kappa shape index (κ2) is 12.3. The number of phenols is 3. The lowest BCUT2D eigenvalue weighted by Crippen LogP contribution is -2.60. The Morgan fingerprint density at radius 3 is 1.79 bits per heavy atom. The molecule has 43 heavy (non-hydrogen) atoms. The number of ether oxygens (including phenoxy) is 5. The van der Waals surface area contributed by atoms with E-state index in [0.717, 1.165) is 6.07 Å². The molecule has 3 aliphatic heterocycles. The minimum absolute atomic E-state index is 0.0696. The number of phenolic OH excluding ortho intramolecular Hbond substituents is 3. The van der Waals surface area contributed by atoms with Crippen molar-refractivity contribution in [3.63, 3.8) is 0 Å². The second-order valence-electron chi connectivity index (χ2n) is 10.3. The summed E-state index contributed by atoms with van der Waals surface area (Å²) in [7, 11) is 0. The van der Waals surface area contributed by atoms with Crippen LogP contribution in [-0.4, -0.2) is 136 Å². The molecule has 0 bridgehead atoms. The van der Waals surface area contributed by atoms with Gasteiger partial charge in [-0.05, 0) is 18.2 Å². The van der Waals surface area contributed by atoms with Gasteiger partial charge in [0.15, 0.2) is 17.3 Å². The van der Waals surface area contributed by atoms with E-state index in [4.69, 9.17) is 18.9 Å². The monoisotopic (exact) mass is 613 g/mol. The molecule has 3 heterocycles. The molecule has 0 amide bonds. The maximum Gasteiger partial charge on any atom is 0.270 e. The van der Waals surface area contributed by atoms with Crippen LogP contribution in [0.15, 0.2) is 36.1 Å². The molecule has 0 aliphatic carbocycles. The molecule has 0 spiro atoms. The highest BCUT2D eigenvalue weighted by atomic mass is 16.7. The van der Waals surface area contributed by atoms with E-state index >= 15 is 0 Å². The zero-order valence-electron chi connectivity index (χ0n) is 22.2. The predicted octanol–water partition coefficient (Wildman–Crippen LogP) is -2.86. The molecule has 2 aromatic rings. The van der Waals surface area contributed by atoms with Crippen LogP contribution in [0.1, 0.15) is 17.2 Å². The number of aromatic hydroxyl groups is 4. The first-order chi connectivity index (χ1) is 20.4. The van der Waals surface area contributed by atoms with Crippen molar-refractivity contribution in [1.82, 2.24) is 0 Å². The standard InChI is InChI=1S/C27H32O16/c28-7-17-19(33)21(35)23(37)26(42-17)39-10-4-13(31)11-6-16(41-27-24(38)22(36)20(34)18(8-29)43-27)25(40-15(11)5-10)9-1-2-12(30)14(32)3-9/h1-6,17-38H,7-8H2/p+1. The highest BCUT2D eigenvalue weighted by Gasteiger charge is 2.47. The summed E-state index contributed by atoms with van der Waals surface area (Å²) in [5, 5.41) is 111. The van der Waals surface area contributed by atoms with Gasteiger partial charge in [0.05, 0.1) is 24.8 Å². The second-order valence-corrected chi connectivity index (χ2v) is 10.3. The summed E-state index contributed by atoms with van der Waals surface area (Å²) >= 11 is 0. The quantitative estimate of drug-likeness (QED) is 0.111. The Morgan fingerprint density at radius 2 is 1.23 bits per heavy atom. The molecule has 12 N–H and O–H groups in total. The Balaban J connectivity index is 1.48. The molecule has 0 radical (unpaired) electrons. The number of fused-ring (bicyclic) bond motifs is 1. The minimum atomic E-state index is -1.77. The van der Waals surface area contributed by atoms with Gasteiger partial charge in [0, 0.05) is 12.1 Å². The minimum Gasteiger partial charge on any atom is -0.571 e. The lowest BCUT2D eigenvalue weighted by atomic mass is 9.98. The average molecular weight is 614 g/mol. The molecule has 3 aliphatic rings. The van der Waals surface area contributed by atoms with Crippen LogP contribution in [0.5, 0.6) is 28.7 Å². The summed E-state index contributed by atoms with van der Waals surface area (Å²) in [6.45, 7) is -1.39. The fourth-order valence-electron chi connectivity index (χ4n) is 4.99. The van der Waals surface area contributed by atoms with Crippen molar-refractivity contribution < 1.29 is 79.9 Å². The maximum atomic E-state index is 10.9. The van der Waals surface area contributed by atoms with Crippen LogP contribution < -0.4 is 4.74 Å². The third-order valence-corrected chi connectivity index (χ3v) is 7.45. The van der Waals surface area contributed by atoms with Crippen LogP contribution in [0, 0.1) is 0 Å². The Morgan fingerprint density at radius 1 is 0.651 bits per heavy atom. The number of hydrogen-bond donors (Lipinski definition) is 11. The first kappa shape index (κ1) is 31.0. The van der Waals surface area contributed by atoms with Crippen molar-refractivity contribution in [2.75, 3.05) is 13.2 Å². The molecule has 0 aromatic heterocycles. The molecule has 11 unspecified atom stereocenters. The van der Waals surface area contributed by atoms with Crippen LogP contribution >= 0.6 is 0 Å². The molecular weight excluding hydrogens is 580 g/mol. The van der Waals surface area contributed by atoms with E-state index in [-0.39, 0.29) is 28.4 Å². The van der Waals surface area contributed by atoms with Gasteiger partial charge >= 0.3 is 0 Å². The molecular formula is C27H33O16+. The van der Waals surface area contributed by atoms with E-state index < -0.39 is 98.0 Å². The van der Waals surface area contributed by atoms with E-state index in [1.54, 1.807) is 0 Å². The Labute approximate surface area is 243 Å². The fraction of sp³-hybridized carbons (Fsp3) is 0.481. The molecule has 0 saturated carbocycles. The summed E-state index contributed by atoms with van der Waals surface area (Å²) in [5.74, 6) is -1.40. The summed E-state index contributed by atoms with van der Waals surface area (Å²) in [5.41, 5.74) is 0.344. The van der Waals surface area contributed by atoms with Gasteiger partial charge in [-0.2, -0.15) is 0 Å². The zero-order valence-corrected chi connectivity index (χ0v) is 22.2. The zero-order chi connectivity index (χ0) is 31.2. The first-order valence-corrected chi connectivity index (χ1v) is 13.2. The van der Waals surface area contributed by atoms with E-state index in [2.05, 4.69) is 4.74 Å². The Kier molecular flexibility index (Phi) is 8.87. The molecule has 11 atom stereocenters. The molecule has 2 saturated heterocycles. The molecule has 16 heteroatoms. The van der Waals surface area contributed by atoms with Gasteiger partial charge in [0.1, 0.15) is 65.9 Å². The van der Waals surface area contributed by atoms with Crippen molar-refractivity contribution in [1.29, 1.82) is 0 Å². The average Bonchev–Trinajstić information content (AvgIpc) is 2.99. The fourth-order valence-corrected chi connectivity index (χ4v) is 4.99. The molecule has 2 aromatic carbocycles. The van der Waals surface area contributed by atoms with Gasteiger partial charge in [0.25, 0.3) is 11.9 Å². The van der Waals surface area contributed by atoms with Crippen LogP contribution in [0.25, 0.3) is 6.08 Å². The van der Waals surface area contributed by atoms with Crippen LogP contribution in [0.3, 0.4) is 0 Å². The Hall–Kier alpha value is -3.42. The topological polar surface area (TPSA) is 272 Å². The lowest BCUT2D eigenvalue weighted by Gasteiger charge is -2.40. The van der Waals surface area contributed by atoms with E-state index in [0.29, 0.717) is 0 Å². The van der Waals surface area contributed by atoms with Crippen molar-refractivity contribution in [3.05, 3.63) is 47.2 Å². The largest absolute Gasteiger partial charge is 0.571 e. The van der Waals surface area contributed by atoms with Crippen LogP contribution in [-0.2, 0) is 14.2 Å². The molecule has 236 valence electrons. The third kappa shape index (κ3) is 5.89. The van der Waals surface area contributed by atoms with Gasteiger partial charge in [-0.15, -0.1) is 0 Å². The third-order valence-electron chi connectivity index (χ3n) is 7.45. The van der Waals surface area contributed by atoms with Crippen LogP contribution in [0.2, 0.25) is 0 Å². The molecule has 2 fully saturated rings. The summed E-state index contributed by atoms with van der Waals surface area (Å²) in [6.07, 6.45) is -15.7. The number of rotatable bonds is 7. The maximum absolute atomic E-state index is 10.9. The smallest absolute Gasteiger partial charge is 0.270 e. The number of hydrogen-bond acceptors (Lipinski definition) is 15. The lowest BCUT2D eigenvalue weighted by molar-refractivity contribution is -0.295. The number of benzene rings is 2. The predicted molar refractivity (Wildman–Crippen MR) is 140 cm³/mol. The first-order valence-electron chi connectivity index (χ1n) is 13.2. The van der Waals surface area contributed by atoms with E-state index in [9.17, 15) is 56.2 Å². The summed E-state index contributed by atoms with van der Waals surface area (Å²) in [6, 6.07) is 6.26. The SMILES string of the molecule is OCC1OC(OC2=Cc3c(O)cc(OC4OC(CO)C(O)C(O)C4O)cc3[OH+]C2c2ccc(O)c(O)c2)C(O)C(O)C1O. The highest BCUT2D eigenvalue weighted by molar-refractivity contribution is 5.69. The van der Waals surface area contributed by atoms with Crippen molar-refractivity contribution >= 4 is 6.08 Å². The number of aliphatic hydroxyl groups is 9. The molecule has 16 nitrogen and oxygen atoms in total. The van der Waals surface area contributed by atoms with Gasteiger partial charge < -0.3 is 79.9 Å². The van der Waals surface area contributed by atoms with E-state index in [1.165, 1.54) is 30.3 Å². The normalized spacial score (nSPS) is 35.8. The van der Waals surface area contributed by atoms with E-state index in [1.807, 2.05) is 0 Å². The summed E-state index contributed by atoms with van der Waals surface area (Å²) < 4.78 is 26.8. The number of aliphatic hydroxyl groups excluding tert-OH is 8. The van der Waals surface area contributed by atoms with Gasteiger partial charge in [-0.3, -0.25) is 0 Å². The van der Waals surface area contributed by atoms with Gasteiger partial charge in [-0.1, -0.05) is 0 Å². The Bertz CT molecular complexity index is 1330. The van der Waals surface area contributed by atoms with Crippen molar-refractivity contribution in [3.8, 4) is 28.7 Å². The van der Waals surface area contributed by atoms with Crippen molar-refractivity contribution in [2.24, 2.45) is 0 Å². The molecule has 5 rings (SSSR count). The highest BCUT2D eigenvalue weighted by Crippen LogP contribution is 2.46. The van der Waals surface area contributed by atoms with Gasteiger partial charge in [0.2, 0.25) is 12.6 Å². The van der Waals surface area contributed by atoms with Crippen LogP contribution in [0.4, 0.5) is 0 Å². The van der Waals surface area contributed by atoms with Crippen molar-refractivity contribution in [2.45, 2.75) is 67.5 Å².